The summed E-state index contributed by atoms with van der Waals surface area (Å²) < 4.78 is 0. The van der Waals surface area contributed by atoms with Crippen molar-refractivity contribution in [2.45, 2.75) is 32.0 Å². The third-order valence-electron chi connectivity index (χ3n) is 3.33. The molecule has 0 aliphatic rings. The molecule has 0 aromatic heterocycles. The van der Waals surface area contributed by atoms with Gasteiger partial charge in [0, 0.05) is 17.2 Å². The number of amides is 2. The molecule has 1 aromatic rings. The summed E-state index contributed by atoms with van der Waals surface area (Å²) >= 11 is 0. The second kappa shape index (κ2) is 10.1. The lowest BCUT2D eigenvalue weighted by molar-refractivity contribution is -0.131. The summed E-state index contributed by atoms with van der Waals surface area (Å²) in [6, 6.07) is 5.12. The van der Waals surface area contributed by atoms with Crippen molar-refractivity contribution < 1.29 is 19.9 Å². The molecule has 132 valence electrons. The first-order valence-corrected chi connectivity index (χ1v) is 7.60. The molecule has 0 aliphatic heterocycles. The second-order valence-corrected chi connectivity index (χ2v) is 5.28. The van der Waals surface area contributed by atoms with Crippen molar-refractivity contribution in [1.82, 2.24) is 16.1 Å². The molecule has 0 bridgehead atoms. The Morgan fingerprint density at radius 2 is 1.76 bits per heavy atom. The standard InChI is InChI=1S/C18H21N3O4/c1-12(22)6-4-5-7-14-8-10-15(11-9-14)17(23)20-16(13(2)19-3)18(24)21-25/h8-13,16,19,22,25H,1-3H3,(H,20,23)(H,21,24)/t12-,13+,16-/m0/s1. The highest BCUT2D eigenvalue weighted by atomic mass is 16.5. The van der Waals surface area contributed by atoms with Crippen LogP contribution in [-0.4, -0.2) is 47.4 Å². The summed E-state index contributed by atoms with van der Waals surface area (Å²) in [4.78, 5) is 23.9. The van der Waals surface area contributed by atoms with Crippen molar-refractivity contribution in [1.29, 1.82) is 0 Å². The van der Waals surface area contributed by atoms with E-state index in [-0.39, 0.29) is 6.04 Å². The Labute approximate surface area is 146 Å². The lowest BCUT2D eigenvalue weighted by Crippen LogP contribution is -2.55. The number of benzene rings is 1. The maximum absolute atomic E-state index is 12.3. The molecule has 5 N–H and O–H groups in total. The summed E-state index contributed by atoms with van der Waals surface area (Å²) in [7, 11) is 1.64. The Bertz CT molecular complexity index is 721. The molecule has 0 fully saturated rings. The summed E-state index contributed by atoms with van der Waals surface area (Å²) in [6.45, 7) is 3.24. The number of nitrogens with one attached hydrogen (secondary N) is 3. The average molecular weight is 343 g/mol. The van der Waals surface area contributed by atoms with E-state index in [4.69, 9.17) is 10.3 Å². The van der Waals surface area contributed by atoms with Gasteiger partial charge in [-0.15, -0.1) is 0 Å². The molecule has 0 unspecified atom stereocenters. The van der Waals surface area contributed by atoms with E-state index in [0.29, 0.717) is 11.1 Å². The summed E-state index contributed by atoms with van der Waals surface area (Å²) in [5.74, 6) is 9.24. The molecule has 0 saturated heterocycles. The number of hydrogen-bond acceptors (Lipinski definition) is 5. The highest BCUT2D eigenvalue weighted by molar-refractivity contribution is 5.97. The quantitative estimate of drug-likeness (QED) is 0.285. The molecule has 7 heteroatoms. The molecule has 3 atom stereocenters. The fourth-order valence-electron chi connectivity index (χ4n) is 1.83. The lowest BCUT2D eigenvalue weighted by Gasteiger charge is -2.22. The molecular formula is C18H21N3O4. The van der Waals surface area contributed by atoms with Gasteiger partial charge in [-0.1, -0.05) is 11.8 Å². The topological polar surface area (TPSA) is 111 Å². The minimum absolute atomic E-state index is 0.347. The van der Waals surface area contributed by atoms with E-state index < -0.39 is 24.0 Å². The predicted molar refractivity (Wildman–Crippen MR) is 92.5 cm³/mol. The highest BCUT2D eigenvalue weighted by Gasteiger charge is 2.26. The van der Waals surface area contributed by atoms with Crippen molar-refractivity contribution in [3.8, 4) is 23.7 Å². The molecule has 0 heterocycles. The summed E-state index contributed by atoms with van der Waals surface area (Å²) in [5.41, 5.74) is 2.54. The minimum atomic E-state index is -0.933. The van der Waals surface area contributed by atoms with Gasteiger partial charge >= 0.3 is 0 Å². The number of aliphatic hydroxyl groups excluding tert-OH is 1. The number of hydrogen-bond donors (Lipinski definition) is 5. The molecule has 7 nitrogen and oxygen atoms in total. The van der Waals surface area contributed by atoms with Crippen LogP contribution in [0.5, 0.6) is 0 Å². The zero-order valence-corrected chi connectivity index (χ0v) is 14.3. The van der Waals surface area contributed by atoms with Crippen LogP contribution in [0.3, 0.4) is 0 Å². The van der Waals surface area contributed by atoms with Crippen LogP contribution in [-0.2, 0) is 4.79 Å². The second-order valence-electron chi connectivity index (χ2n) is 5.28. The van der Waals surface area contributed by atoms with Gasteiger partial charge in [0.2, 0.25) is 0 Å². The van der Waals surface area contributed by atoms with E-state index >= 15 is 0 Å². The summed E-state index contributed by atoms with van der Waals surface area (Å²) in [5, 5.41) is 23.2. The van der Waals surface area contributed by atoms with Gasteiger partial charge in [0.25, 0.3) is 11.8 Å². The van der Waals surface area contributed by atoms with Crippen LogP contribution < -0.4 is 16.1 Å². The Morgan fingerprint density at radius 3 is 2.28 bits per heavy atom. The first-order chi connectivity index (χ1) is 11.9. The van der Waals surface area contributed by atoms with E-state index in [1.54, 1.807) is 50.6 Å². The highest BCUT2D eigenvalue weighted by Crippen LogP contribution is 2.05. The van der Waals surface area contributed by atoms with Crippen molar-refractivity contribution in [2.24, 2.45) is 0 Å². The Hall–Kier alpha value is -2.84. The molecule has 2 amide bonds. The number of likely N-dealkylation sites (N-methyl/N-ethyl adjacent to an activating group) is 1. The largest absolute Gasteiger partial charge is 0.381 e. The number of hydroxylamine groups is 1. The predicted octanol–water partition coefficient (Wildman–Crippen LogP) is -0.366. The van der Waals surface area contributed by atoms with Crippen LogP contribution in [0.1, 0.15) is 29.8 Å². The lowest BCUT2D eigenvalue weighted by atomic mass is 10.1. The molecule has 0 aliphatic carbocycles. The van der Waals surface area contributed by atoms with Gasteiger partial charge in [0.05, 0.1) is 0 Å². The molecule has 0 saturated carbocycles. The number of aliphatic hydroxyl groups is 1. The van der Waals surface area contributed by atoms with E-state index in [9.17, 15) is 9.59 Å². The molecule has 1 aromatic carbocycles. The van der Waals surface area contributed by atoms with Crippen LogP contribution >= 0.6 is 0 Å². The molecular weight excluding hydrogens is 322 g/mol. The van der Waals surface area contributed by atoms with E-state index in [1.165, 1.54) is 0 Å². The van der Waals surface area contributed by atoms with Crippen LogP contribution in [0, 0.1) is 23.7 Å². The minimum Gasteiger partial charge on any atom is -0.381 e. The van der Waals surface area contributed by atoms with Gasteiger partial charge in [-0.05, 0) is 57.0 Å². The monoisotopic (exact) mass is 343 g/mol. The maximum Gasteiger partial charge on any atom is 0.267 e. The summed E-state index contributed by atoms with van der Waals surface area (Å²) in [6.07, 6.45) is -0.732. The zero-order chi connectivity index (χ0) is 18.8. The third kappa shape index (κ3) is 6.66. The van der Waals surface area contributed by atoms with Gasteiger partial charge in [-0.2, -0.15) is 0 Å². The third-order valence-corrected chi connectivity index (χ3v) is 3.33. The van der Waals surface area contributed by atoms with E-state index in [1.807, 2.05) is 0 Å². The first-order valence-electron chi connectivity index (χ1n) is 7.60. The van der Waals surface area contributed by atoms with Crippen molar-refractivity contribution in [3.05, 3.63) is 35.4 Å². The molecule has 25 heavy (non-hydrogen) atoms. The molecule has 0 radical (unpaired) electrons. The fraction of sp³-hybridized carbons (Fsp3) is 0.333. The Morgan fingerprint density at radius 1 is 1.12 bits per heavy atom. The average Bonchev–Trinajstić information content (AvgIpc) is 2.62. The zero-order valence-electron chi connectivity index (χ0n) is 14.3. The van der Waals surface area contributed by atoms with Crippen molar-refractivity contribution >= 4 is 11.8 Å². The number of carbonyl (C=O) groups is 2. The van der Waals surface area contributed by atoms with Crippen LogP contribution in [0.25, 0.3) is 0 Å². The van der Waals surface area contributed by atoms with Crippen LogP contribution in [0.15, 0.2) is 24.3 Å². The number of carbonyl (C=O) groups excluding carboxylic acids is 2. The van der Waals surface area contributed by atoms with Gasteiger partial charge in [-0.25, -0.2) is 5.48 Å². The van der Waals surface area contributed by atoms with Gasteiger partial charge < -0.3 is 15.7 Å². The Kier molecular flexibility index (Phi) is 8.17. The normalized spacial score (nSPS) is 13.2. The van der Waals surface area contributed by atoms with E-state index in [0.717, 1.165) is 0 Å². The van der Waals surface area contributed by atoms with Gasteiger partial charge in [-0.3, -0.25) is 14.8 Å². The first kappa shape index (κ1) is 20.2. The van der Waals surface area contributed by atoms with Crippen LogP contribution in [0.2, 0.25) is 0 Å². The molecule has 1 rings (SSSR count). The van der Waals surface area contributed by atoms with Crippen LogP contribution in [0.4, 0.5) is 0 Å². The smallest absolute Gasteiger partial charge is 0.267 e. The Balaban J connectivity index is 2.82. The fourth-order valence-corrected chi connectivity index (χ4v) is 1.83. The molecule has 0 spiro atoms. The van der Waals surface area contributed by atoms with Gasteiger partial charge in [0.15, 0.2) is 0 Å². The SMILES string of the molecule is CN[C@H](C)[C@H](NC(=O)c1ccc(C#CC#C[C@H](C)O)cc1)C(=O)NO. The van der Waals surface area contributed by atoms with Gasteiger partial charge in [0.1, 0.15) is 12.1 Å². The van der Waals surface area contributed by atoms with Crippen molar-refractivity contribution in [3.63, 3.8) is 0 Å². The van der Waals surface area contributed by atoms with Crippen molar-refractivity contribution in [2.75, 3.05) is 7.05 Å². The maximum atomic E-state index is 12.3. The van der Waals surface area contributed by atoms with E-state index in [2.05, 4.69) is 34.3 Å². The number of rotatable bonds is 5.